The Balaban J connectivity index is 1.56. The van der Waals surface area contributed by atoms with E-state index >= 15 is 0 Å². The second kappa shape index (κ2) is 8.50. The number of thiazole rings is 1. The van der Waals surface area contributed by atoms with Gasteiger partial charge in [0.2, 0.25) is 15.9 Å². The molecule has 28 heavy (non-hydrogen) atoms. The first-order chi connectivity index (χ1) is 13.2. The molecular formula is C19H21N3O3S3. The molecule has 1 amide bonds. The Morgan fingerprint density at radius 1 is 1.14 bits per heavy atom. The first-order valence-electron chi connectivity index (χ1n) is 8.53. The molecule has 0 fully saturated rings. The number of nitrogens with zero attached hydrogens (tertiary/aromatic N) is 1. The first kappa shape index (κ1) is 20.6. The maximum absolute atomic E-state index is 12.1. The van der Waals surface area contributed by atoms with Gasteiger partial charge in [-0.15, -0.1) is 11.3 Å². The van der Waals surface area contributed by atoms with Gasteiger partial charge in [0.25, 0.3) is 0 Å². The number of rotatable bonds is 7. The van der Waals surface area contributed by atoms with Gasteiger partial charge in [0.05, 0.1) is 27.9 Å². The molecule has 1 heterocycles. The smallest absolute Gasteiger partial charge is 0.230 e. The summed E-state index contributed by atoms with van der Waals surface area (Å²) in [6.45, 7) is 4.62. The van der Waals surface area contributed by atoms with Crippen molar-refractivity contribution in [3.05, 3.63) is 53.1 Å². The van der Waals surface area contributed by atoms with Crippen LogP contribution in [0.1, 0.15) is 16.7 Å². The molecule has 0 aliphatic rings. The van der Waals surface area contributed by atoms with Crippen LogP contribution in [0.4, 0.5) is 5.69 Å². The van der Waals surface area contributed by atoms with Crippen molar-refractivity contribution in [3.8, 4) is 0 Å². The van der Waals surface area contributed by atoms with Crippen LogP contribution in [0.25, 0.3) is 10.2 Å². The van der Waals surface area contributed by atoms with Gasteiger partial charge in [-0.1, -0.05) is 30.0 Å². The number of fused-ring (bicyclic) bond motifs is 1. The van der Waals surface area contributed by atoms with Gasteiger partial charge < -0.3 is 5.32 Å². The Morgan fingerprint density at radius 2 is 1.93 bits per heavy atom. The first-order valence-corrected chi connectivity index (χ1v) is 12.2. The van der Waals surface area contributed by atoms with E-state index in [1.165, 1.54) is 34.2 Å². The quantitative estimate of drug-likeness (QED) is 0.553. The van der Waals surface area contributed by atoms with Crippen molar-refractivity contribution >= 4 is 54.9 Å². The van der Waals surface area contributed by atoms with E-state index in [4.69, 9.17) is 0 Å². The molecule has 0 saturated carbocycles. The van der Waals surface area contributed by atoms with Gasteiger partial charge in [0.1, 0.15) is 0 Å². The number of sulfonamides is 1. The predicted molar refractivity (Wildman–Crippen MR) is 117 cm³/mol. The summed E-state index contributed by atoms with van der Waals surface area (Å²) in [5.41, 5.74) is 4.80. The number of thioether (sulfide) groups is 1. The van der Waals surface area contributed by atoms with E-state index in [-0.39, 0.29) is 11.7 Å². The minimum Gasteiger partial charge on any atom is -0.351 e. The minimum atomic E-state index is -3.32. The lowest BCUT2D eigenvalue weighted by molar-refractivity contribution is -0.118. The molecule has 9 heteroatoms. The zero-order valence-electron chi connectivity index (χ0n) is 15.8. The number of aromatic nitrogens is 1. The van der Waals surface area contributed by atoms with Crippen molar-refractivity contribution in [2.24, 2.45) is 0 Å². The van der Waals surface area contributed by atoms with E-state index in [1.54, 1.807) is 18.2 Å². The largest absolute Gasteiger partial charge is 0.351 e. The van der Waals surface area contributed by atoms with Crippen LogP contribution in [0.15, 0.2) is 40.7 Å². The fourth-order valence-electron chi connectivity index (χ4n) is 2.54. The van der Waals surface area contributed by atoms with E-state index in [2.05, 4.69) is 41.0 Å². The third kappa shape index (κ3) is 5.70. The van der Waals surface area contributed by atoms with Crippen molar-refractivity contribution in [2.75, 3.05) is 16.7 Å². The number of aryl methyl sites for hydroxylation is 2. The Hall–Kier alpha value is -2.10. The predicted octanol–water partition coefficient (Wildman–Crippen LogP) is 3.69. The molecule has 0 aliphatic heterocycles. The molecule has 2 N–H and O–H groups in total. The van der Waals surface area contributed by atoms with E-state index < -0.39 is 10.0 Å². The van der Waals surface area contributed by atoms with Crippen molar-refractivity contribution in [3.63, 3.8) is 0 Å². The average Bonchev–Trinajstić information content (AvgIpc) is 3.01. The van der Waals surface area contributed by atoms with Gasteiger partial charge in [-0.3, -0.25) is 9.52 Å². The van der Waals surface area contributed by atoms with E-state index in [0.29, 0.717) is 12.2 Å². The highest BCUT2D eigenvalue weighted by atomic mass is 32.2. The third-order valence-corrected chi connectivity index (χ3v) is 6.83. The van der Waals surface area contributed by atoms with Crippen LogP contribution in [0.3, 0.4) is 0 Å². The molecule has 0 aliphatic carbocycles. The third-order valence-electron chi connectivity index (χ3n) is 4.06. The topological polar surface area (TPSA) is 88.2 Å². The maximum atomic E-state index is 12.1. The standard InChI is InChI=1S/C19H21N3O3S3/c1-12-4-5-14(8-13(12)2)10-20-18(23)11-26-19-21-16-7-6-15(9-17(16)27-19)22-28(3,24)25/h4-9,22H,10-11H2,1-3H3,(H,20,23). The molecule has 148 valence electrons. The zero-order valence-corrected chi connectivity index (χ0v) is 18.2. The number of anilines is 1. The lowest BCUT2D eigenvalue weighted by Crippen LogP contribution is -2.24. The Bertz CT molecular complexity index is 1120. The van der Waals surface area contributed by atoms with Crippen LogP contribution in [-0.2, 0) is 21.4 Å². The number of carbonyl (C=O) groups excluding carboxylic acids is 1. The molecular weight excluding hydrogens is 414 g/mol. The summed E-state index contributed by atoms with van der Waals surface area (Å²) in [7, 11) is -3.32. The van der Waals surface area contributed by atoms with Crippen LogP contribution in [0, 0.1) is 13.8 Å². The van der Waals surface area contributed by atoms with Crippen molar-refractivity contribution in [1.29, 1.82) is 0 Å². The average molecular weight is 436 g/mol. The molecule has 0 unspecified atom stereocenters. The van der Waals surface area contributed by atoms with Gasteiger partial charge in [-0.25, -0.2) is 13.4 Å². The van der Waals surface area contributed by atoms with Gasteiger partial charge in [-0.05, 0) is 48.7 Å². The fraction of sp³-hybridized carbons (Fsp3) is 0.263. The van der Waals surface area contributed by atoms with E-state index in [1.807, 2.05) is 6.07 Å². The summed E-state index contributed by atoms with van der Waals surface area (Å²) in [5, 5.41) is 2.92. The number of amides is 1. The molecule has 3 rings (SSSR count). The molecule has 2 aromatic carbocycles. The Morgan fingerprint density at radius 3 is 2.64 bits per heavy atom. The molecule has 0 bridgehead atoms. The SMILES string of the molecule is Cc1ccc(CNC(=O)CSc2nc3ccc(NS(C)(=O)=O)cc3s2)cc1C. The summed E-state index contributed by atoms with van der Waals surface area (Å²) >= 11 is 2.81. The Kier molecular flexibility index (Phi) is 6.26. The summed E-state index contributed by atoms with van der Waals surface area (Å²) in [5.74, 6) is 0.223. The van der Waals surface area contributed by atoms with E-state index in [9.17, 15) is 13.2 Å². The summed E-state index contributed by atoms with van der Waals surface area (Å²) in [6.07, 6.45) is 1.11. The summed E-state index contributed by atoms with van der Waals surface area (Å²) in [4.78, 5) is 16.6. The van der Waals surface area contributed by atoms with Gasteiger partial charge in [-0.2, -0.15) is 0 Å². The monoisotopic (exact) mass is 435 g/mol. The van der Waals surface area contributed by atoms with E-state index in [0.717, 1.165) is 26.4 Å². The van der Waals surface area contributed by atoms with Gasteiger partial charge in [0.15, 0.2) is 4.34 Å². The summed E-state index contributed by atoms with van der Waals surface area (Å²) in [6, 6.07) is 11.3. The fourth-order valence-corrected chi connectivity index (χ4v) is 5.03. The molecule has 6 nitrogen and oxygen atoms in total. The minimum absolute atomic E-state index is 0.0538. The molecule has 1 aromatic heterocycles. The number of carbonyl (C=O) groups is 1. The number of hydrogen-bond donors (Lipinski definition) is 2. The van der Waals surface area contributed by atoms with Crippen LogP contribution < -0.4 is 10.0 Å². The zero-order chi connectivity index (χ0) is 20.3. The number of nitrogens with one attached hydrogen (secondary N) is 2. The van der Waals surface area contributed by atoms with Crippen molar-refractivity contribution in [1.82, 2.24) is 10.3 Å². The van der Waals surface area contributed by atoms with Crippen LogP contribution in [-0.4, -0.2) is 31.3 Å². The molecule has 3 aromatic rings. The van der Waals surface area contributed by atoms with Crippen molar-refractivity contribution in [2.45, 2.75) is 24.7 Å². The summed E-state index contributed by atoms with van der Waals surface area (Å²) < 4.78 is 26.8. The lowest BCUT2D eigenvalue weighted by Gasteiger charge is -2.07. The molecule has 0 radical (unpaired) electrons. The lowest BCUT2D eigenvalue weighted by atomic mass is 10.1. The molecule has 0 atom stereocenters. The molecule has 0 saturated heterocycles. The van der Waals surface area contributed by atoms with Crippen LogP contribution in [0.5, 0.6) is 0 Å². The highest BCUT2D eigenvalue weighted by Gasteiger charge is 2.10. The van der Waals surface area contributed by atoms with Crippen molar-refractivity contribution < 1.29 is 13.2 Å². The highest BCUT2D eigenvalue weighted by molar-refractivity contribution is 8.01. The maximum Gasteiger partial charge on any atom is 0.230 e. The number of hydrogen-bond acceptors (Lipinski definition) is 6. The second-order valence-electron chi connectivity index (χ2n) is 6.52. The Labute approximate surface area is 172 Å². The highest BCUT2D eigenvalue weighted by Crippen LogP contribution is 2.31. The van der Waals surface area contributed by atoms with Crippen LogP contribution in [0.2, 0.25) is 0 Å². The second-order valence-corrected chi connectivity index (χ2v) is 10.5. The normalized spacial score (nSPS) is 11.5. The number of benzene rings is 2. The van der Waals surface area contributed by atoms with Crippen LogP contribution >= 0.6 is 23.1 Å². The molecule has 0 spiro atoms. The van der Waals surface area contributed by atoms with Gasteiger partial charge >= 0.3 is 0 Å². The van der Waals surface area contributed by atoms with Gasteiger partial charge in [0, 0.05) is 6.54 Å².